The van der Waals surface area contributed by atoms with E-state index >= 15 is 0 Å². The molecular formula is C16H18Cl2N2O3. The van der Waals surface area contributed by atoms with Crippen LogP contribution in [-0.4, -0.2) is 33.7 Å². The molecular weight excluding hydrogens is 339 g/mol. The maximum Gasteiger partial charge on any atom is 0.415 e. The highest BCUT2D eigenvalue weighted by atomic mass is 35.5. The van der Waals surface area contributed by atoms with Crippen LogP contribution < -0.4 is 0 Å². The van der Waals surface area contributed by atoms with E-state index in [1.165, 1.54) is 0 Å². The van der Waals surface area contributed by atoms with E-state index in [2.05, 4.69) is 4.98 Å². The van der Waals surface area contributed by atoms with E-state index in [1.54, 1.807) is 23.3 Å². The molecule has 0 unspecified atom stereocenters. The smallest absolute Gasteiger partial charge is 0.415 e. The normalized spacial score (nSPS) is 19.2. The molecule has 2 heterocycles. The number of nitrogens with zero attached hydrogens (tertiary/aromatic N) is 2. The van der Waals surface area contributed by atoms with Crippen molar-refractivity contribution in [2.45, 2.75) is 44.8 Å². The molecule has 0 bridgehead atoms. The van der Waals surface area contributed by atoms with E-state index in [4.69, 9.17) is 32.7 Å². The Bertz CT molecular complexity index is 658. The Morgan fingerprint density at radius 2 is 1.91 bits per heavy atom. The quantitative estimate of drug-likeness (QED) is 0.695. The van der Waals surface area contributed by atoms with E-state index in [-0.39, 0.29) is 15.9 Å². The van der Waals surface area contributed by atoms with Gasteiger partial charge in [0.1, 0.15) is 27.8 Å². The van der Waals surface area contributed by atoms with E-state index < -0.39 is 11.7 Å². The summed E-state index contributed by atoms with van der Waals surface area (Å²) < 4.78 is 11.3. The fourth-order valence-electron chi connectivity index (χ4n) is 2.39. The lowest BCUT2D eigenvalue weighted by atomic mass is 10.1. The summed E-state index contributed by atoms with van der Waals surface area (Å²) in [4.78, 5) is 18.1. The Kier molecular flexibility index (Phi) is 3.97. The second-order valence-corrected chi connectivity index (χ2v) is 7.65. The van der Waals surface area contributed by atoms with Crippen molar-refractivity contribution in [3.8, 4) is 0 Å². The van der Waals surface area contributed by atoms with Crippen LogP contribution in [0.1, 0.15) is 39.2 Å². The maximum absolute atomic E-state index is 12.6. The van der Waals surface area contributed by atoms with Gasteiger partial charge in [-0.25, -0.2) is 9.78 Å². The van der Waals surface area contributed by atoms with Crippen molar-refractivity contribution in [1.82, 2.24) is 9.88 Å². The molecule has 2 aliphatic rings. The van der Waals surface area contributed by atoms with Crippen LogP contribution in [0.4, 0.5) is 4.79 Å². The van der Waals surface area contributed by atoms with Crippen LogP contribution in [0.5, 0.6) is 0 Å². The van der Waals surface area contributed by atoms with Gasteiger partial charge >= 0.3 is 6.09 Å². The minimum atomic E-state index is -0.579. The Morgan fingerprint density at radius 3 is 2.43 bits per heavy atom. The van der Waals surface area contributed by atoms with Crippen molar-refractivity contribution in [3.05, 3.63) is 34.3 Å². The van der Waals surface area contributed by atoms with Crippen LogP contribution in [0.15, 0.2) is 18.4 Å². The summed E-state index contributed by atoms with van der Waals surface area (Å²) in [6.45, 7) is 5.96. The van der Waals surface area contributed by atoms with E-state index in [0.29, 0.717) is 17.8 Å². The van der Waals surface area contributed by atoms with Crippen molar-refractivity contribution in [2.24, 2.45) is 0 Å². The monoisotopic (exact) mass is 356 g/mol. The number of ether oxygens (including phenoxy) is 2. The van der Waals surface area contributed by atoms with E-state index in [9.17, 15) is 4.79 Å². The predicted octanol–water partition coefficient (Wildman–Crippen LogP) is 4.49. The van der Waals surface area contributed by atoms with Crippen molar-refractivity contribution in [2.75, 3.05) is 6.54 Å². The summed E-state index contributed by atoms with van der Waals surface area (Å²) in [5.74, 6) is 0. The molecule has 1 fully saturated rings. The second kappa shape index (κ2) is 5.56. The number of pyridine rings is 1. The summed E-state index contributed by atoms with van der Waals surface area (Å²) in [5.41, 5.74) is 0.380. The number of carbonyl (C=O) groups is 1. The fourth-order valence-corrected chi connectivity index (χ4v) is 2.85. The van der Waals surface area contributed by atoms with Gasteiger partial charge < -0.3 is 9.47 Å². The van der Waals surface area contributed by atoms with Gasteiger partial charge in [-0.05, 0) is 45.7 Å². The van der Waals surface area contributed by atoms with Crippen LogP contribution in [0.3, 0.4) is 0 Å². The first-order valence-electron chi connectivity index (χ1n) is 7.39. The standard InChI is InChI=1S/C16H18Cl2N2O3/c1-15(2,3)23-14(21)20-9-16(4-5-16)22-8-11(20)10-6-12(17)19-13(18)7-10/h6-8H,4-5,9H2,1-3H3. The lowest BCUT2D eigenvalue weighted by Gasteiger charge is -2.35. The number of halogens is 2. The molecule has 7 heteroatoms. The SMILES string of the molecule is CC(C)(C)OC(=O)N1CC2(CC2)OC=C1c1cc(Cl)nc(Cl)c1. The molecule has 23 heavy (non-hydrogen) atoms. The van der Waals surface area contributed by atoms with Gasteiger partial charge in [0.2, 0.25) is 0 Å². The van der Waals surface area contributed by atoms with Crippen molar-refractivity contribution < 1.29 is 14.3 Å². The molecule has 3 rings (SSSR count). The van der Waals surface area contributed by atoms with Gasteiger partial charge in [-0.3, -0.25) is 4.90 Å². The number of carbonyl (C=O) groups excluding carboxylic acids is 1. The van der Waals surface area contributed by atoms with Gasteiger partial charge in [0, 0.05) is 5.56 Å². The van der Waals surface area contributed by atoms with Gasteiger partial charge in [0.25, 0.3) is 0 Å². The van der Waals surface area contributed by atoms with Crippen LogP contribution >= 0.6 is 23.2 Å². The molecule has 1 saturated carbocycles. The third-order valence-electron chi connectivity index (χ3n) is 3.64. The molecule has 0 atom stereocenters. The zero-order valence-corrected chi connectivity index (χ0v) is 14.7. The van der Waals surface area contributed by atoms with Gasteiger partial charge in [-0.1, -0.05) is 23.2 Å². The average molecular weight is 357 g/mol. The number of hydrogen-bond acceptors (Lipinski definition) is 4. The summed E-state index contributed by atoms with van der Waals surface area (Å²) in [7, 11) is 0. The van der Waals surface area contributed by atoms with Gasteiger partial charge in [-0.2, -0.15) is 0 Å². The van der Waals surface area contributed by atoms with Crippen LogP contribution in [0, 0.1) is 0 Å². The fraction of sp³-hybridized carbons (Fsp3) is 0.500. The third kappa shape index (κ3) is 3.72. The predicted molar refractivity (Wildman–Crippen MR) is 88.2 cm³/mol. The molecule has 0 radical (unpaired) electrons. The molecule has 1 aliphatic carbocycles. The number of amides is 1. The first-order valence-corrected chi connectivity index (χ1v) is 8.15. The zero-order valence-electron chi connectivity index (χ0n) is 13.2. The molecule has 0 N–H and O–H groups in total. The third-order valence-corrected chi connectivity index (χ3v) is 4.03. The topological polar surface area (TPSA) is 51.7 Å². The molecule has 0 saturated heterocycles. The first kappa shape index (κ1) is 16.4. The van der Waals surface area contributed by atoms with Gasteiger partial charge in [0.15, 0.2) is 0 Å². The molecule has 5 nitrogen and oxygen atoms in total. The molecule has 1 spiro atoms. The highest BCUT2D eigenvalue weighted by Gasteiger charge is 2.50. The minimum Gasteiger partial charge on any atom is -0.491 e. The van der Waals surface area contributed by atoms with Crippen LogP contribution in [0.2, 0.25) is 10.3 Å². The molecule has 124 valence electrons. The van der Waals surface area contributed by atoms with E-state index in [0.717, 1.165) is 12.8 Å². The number of rotatable bonds is 1. The van der Waals surface area contributed by atoms with Crippen molar-refractivity contribution in [3.63, 3.8) is 0 Å². The Labute approximate surface area is 145 Å². The molecule has 1 aromatic heterocycles. The summed E-state index contributed by atoms with van der Waals surface area (Å²) in [6.07, 6.45) is 3.02. The van der Waals surface area contributed by atoms with Crippen LogP contribution in [0.25, 0.3) is 5.70 Å². The van der Waals surface area contributed by atoms with Crippen molar-refractivity contribution >= 4 is 35.0 Å². The summed E-state index contributed by atoms with van der Waals surface area (Å²) in [5, 5.41) is 0.508. The highest BCUT2D eigenvalue weighted by molar-refractivity contribution is 6.32. The molecule has 1 amide bonds. The minimum absolute atomic E-state index is 0.254. The van der Waals surface area contributed by atoms with Crippen molar-refractivity contribution in [1.29, 1.82) is 0 Å². The number of hydrogen-bond donors (Lipinski definition) is 0. The molecule has 0 aromatic carbocycles. The Balaban J connectivity index is 1.94. The lowest BCUT2D eigenvalue weighted by Crippen LogP contribution is -2.43. The second-order valence-electron chi connectivity index (χ2n) is 6.87. The van der Waals surface area contributed by atoms with Crippen LogP contribution in [-0.2, 0) is 9.47 Å². The molecule has 1 aliphatic heterocycles. The maximum atomic E-state index is 12.6. The summed E-state index contributed by atoms with van der Waals surface area (Å²) >= 11 is 11.9. The highest BCUT2D eigenvalue weighted by Crippen LogP contribution is 2.45. The first-order chi connectivity index (χ1) is 10.7. The number of aromatic nitrogens is 1. The zero-order chi connectivity index (χ0) is 16.8. The summed E-state index contributed by atoms with van der Waals surface area (Å²) in [6, 6.07) is 3.29. The largest absolute Gasteiger partial charge is 0.491 e. The Hall–Kier alpha value is -1.46. The van der Waals surface area contributed by atoms with Gasteiger partial charge in [-0.15, -0.1) is 0 Å². The Morgan fingerprint density at radius 1 is 1.30 bits per heavy atom. The lowest BCUT2D eigenvalue weighted by molar-refractivity contribution is 0.0144. The average Bonchev–Trinajstić information content (AvgIpc) is 3.15. The van der Waals surface area contributed by atoms with E-state index in [1.807, 2.05) is 20.8 Å². The van der Waals surface area contributed by atoms with Gasteiger partial charge in [0.05, 0.1) is 12.2 Å². The molecule has 1 aromatic rings.